The summed E-state index contributed by atoms with van der Waals surface area (Å²) < 4.78 is 1.76. The van der Waals surface area contributed by atoms with Crippen LogP contribution in [-0.4, -0.2) is 14.5 Å². The van der Waals surface area contributed by atoms with Gasteiger partial charge in [0.15, 0.2) is 5.65 Å². The number of anilines is 1. The highest BCUT2D eigenvalue weighted by atomic mass is 16.1. The van der Waals surface area contributed by atoms with Crippen LogP contribution < -0.4 is 11.3 Å². The van der Waals surface area contributed by atoms with Gasteiger partial charge in [-0.05, 0) is 0 Å². The molecule has 0 spiro atoms. The average Bonchev–Trinajstić information content (AvgIpc) is 2.31. The molecule has 0 saturated heterocycles. The zero-order valence-corrected chi connectivity index (χ0v) is 6.53. The number of hydrogen-bond acceptors (Lipinski definition) is 3. The van der Waals surface area contributed by atoms with Crippen LogP contribution in [0.5, 0.6) is 0 Å². The van der Waals surface area contributed by atoms with E-state index in [0.29, 0.717) is 11.3 Å². The summed E-state index contributed by atoms with van der Waals surface area (Å²) in [6.07, 6.45) is 1.61. The van der Waals surface area contributed by atoms with Crippen LogP contribution >= 0.6 is 0 Å². The first-order valence-electron chi connectivity index (χ1n) is 3.48. The van der Waals surface area contributed by atoms with Crippen molar-refractivity contribution in [2.45, 2.75) is 0 Å². The number of nitrogen functional groups attached to an aromatic ring is 1. The monoisotopic (exact) mass is 164 g/mol. The van der Waals surface area contributed by atoms with Gasteiger partial charge >= 0.3 is 0 Å². The molecule has 3 N–H and O–H groups in total. The molecule has 0 aliphatic carbocycles. The summed E-state index contributed by atoms with van der Waals surface area (Å²) in [6, 6.07) is 1.35. The molecule has 2 aromatic heterocycles. The van der Waals surface area contributed by atoms with Crippen molar-refractivity contribution in [3.05, 3.63) is 22.7 Å². The predicted molar refractivity (Wildman–Crippen MR) is 45.7 cm³/mol. The largest absolute Gasteiger partial charge is 0.397 e. The summed E-state index contributed by atoms with van der Waals surface area (Å²) in [6.45, 7) is 0. The van der Waals surface area contributed by atoms with E-state index >= 15 is 0 Å². The normalized spacial score (nSPS) is 10.8. The third-order valence-electron chi connectivity index (χ3n) is 1.74. The van der Waals surface area contributed by atoms with Crippen LogP contribution in [0.1, 0.15) is 0 Å². The van der Waals surface area contributed by atoms with Crippen molar-refractivity contribution in [1.82, 2.24) is 14.5 Å². The van der Waals surface area contributed by atoms with Crippen molar-refractivity contribution < 1.29 is 0 Å². The number of aromatic nitrogens is 3. The van der Waals surface area contributed by atoms with Gasteiger partial charge in [-0.3, -0.25) is 4.79 Å². The van der Waals surface area contributed by atoms with E-state index in [9.17, 15) is 4.79 Å². The summed E-state index contributed by atoms with van der Waals surface area (Å²) in [5, 5.41) is 0. The first kappa shape index (κ1) is 6.90. The van der Waals surface area contributed by atoms with E-state index in [1.807, 2.05) is 7.05 Å². The molecular weight excluding hydrogens is 156 g/mol. The highest BCUT2D eigenvalue weighted by molar-refractivity contribution is 5.83. The number of H-pyrrole nitrogens is 1. The molecule has 0 bridgehead atoms. The smallest absolute Gasteiger partial charge is 0.251 e. The predicted octanol–water partition coefficient (Wildman–Crippen LogP) is -0.156. The van der Waals surface area contributed by atoms with Crippen molar-refractivity contribution in [2.24, 2.45) is 7.05 Å². The molecule has 0 aliphatic heterocycles. The minimum absolute atomic E-state index is 0.223. The van der Waals surface area contributed by atoms with Gasteiger partial charge < -0.3 is 15.3 Å². The molecule has 5 heteroatoms. The van der Waals surface area contributed by atoms with E-state index < -0.39 is 0 Å². The summed E-state index contributed by atoms with van der Waals surface area (Å²) in [7, 11) is 1.82. The lowest BCUT2D eigenvalue weighted by Crippen LogP contribution is -2.06. The van der Waals surface area contributed by atoms with Gasteiger partial charge in [0.05, 0.1) is 12.0 Å². The number of nitrogens with one attached hydrogen (secondary N) is 1. The summed E-state index contributed by atoms with van der Waals surface area (Å²) in [5.74, 6) is 0. The number of rotatable bonds is 0. The Labute approximate surface area is 67.8 Å². The Bertz CT molecular complexity index is 482. The lowest BCUT2D eigenvalue weighted by Gasteiger charge is -1.96. The molecule has 2 rings (SSSR count). The minimum atomic E-state index is -0.223. The summed E-state index contributed by atoms with van der Waals surface area (Å²) in [4.78, 5) is 17.5. The lowest BCUT2D eigenvalue weighted by molar-refractivity contribution is 0.948. The van der Waals surface area contributed by atoms with Crippen LogP contribution in [0.4, 0.5) is 5.69 Å². The molecular formula is C7H8N4O. The Morgan fingerprint density at radius 1 is 1.67 bits per heavy atom. The second-order valence-corrected chi connectivity index (χ2v) is 2.64. The van der Waals surface area contributed by atoms with Crippen molar-refractivity contribution in [3.63, 3.8) is 0 Å². The molecule has 0 atom stereocenters. The topological polar surface area (TPSA) is 76.7 Å². The van der Waals surface area contributed by atoms with Gasteiger partial charge in [0.25, 0.3) is 5.56 Å². The number of hydrogen-bond donors (Lipinski definition) is 2. The number of imidazole rings is 1. The van der Waals surface area contributed by atoms with Crippen LogP contribution in [-0.2, 0) is 7.05 Å². The van der Waals surface area contributed by atoms with Crippen molar-refractivity contribution in [3.8, 4) is 0 Å². The maximum atomic E-state index is 10.9. The summed E-state index contributed by atoms with van der Waals surface area (Å²) in [5.41, 5.74) is 7.14. The Kier molecular flexibility index (Phi) is 1.21. The van der Waals surface area contributed by atoms with Gasteiger partial charge in [-0.25, -0.2) is 4.98 Å². The van der Waals surface area contributed by atoms with Gasteiger partial charge in [0, 0.05) is 13.1 Å². The van der Waals surface area contributed by atoms with Crippen molar-refractivity contribution >= 4 is 16.9 Å². The average molecular weight is 164 g/mol. The van der Waals surface area contributed by atoms with Crippen LogP contribution in [0.25, 0.3) is 11.2 Å². The van der Waals surface area contributed by atoms with E-state index in [2.05, 4.69) is 9.97 Å². The van der Waals surface area contributed by atoms with Crippen LogP contribution in [0.2, 0.25) is 0 Å². The second-order valence-electron chi connectivity index (χ2n) is 2.64. The fraction of sp³-hybridized carbons (Fsp3) is 0.143. The molecule has 5 nitrogen and oxygen atoms in total. The molecule has 0 aliphatic rings. The minimum Gasteiger partial charge on any atom is -0.397 e. The number of aromatic amines is 1. The van der Waals surface area contributed by atoms with Crippen LogP contribution in [0, 0.1) is 0 Å². The number of fused-ring (bicyclic) bond motifs is 1. The van der Waals surface area contributed by atoms with Gasteiger partial charge in [-0.2, -0.15) is 0 Å². The Morgan fingerprint density at radius 2 is 2.42 bits per heavy atom. The van der Waals surface area contributed by atoms with Gasteiger partial charge in [-0.15, -0.1) is 0 Å². The number of aryl methyl sites for hydroxylation is 1. The first-order chi connectivity index (χ1) is 5.68. The van der Waals surface area contributed by atoms with E-state index in [-0.39, 0.29) is 5.56 Å². The molecule has 0 saturated carbocycles. The van der Waals surface area contributed by atoms with Gasteiger partial charge in [-0.1, -0.05) is 0 Å². The van der Waals surface area contributed by atoms with Crippen LogP contribution in [0.3, 0.4) is 0 Å². The summed E-state index contributed by atoms with van der Waals surface area (Å²) >= 11 is 0. The zero-order valence-electron chi connectivity index (χ0n) is 6.53. The van der Waals surface area contributed by atoms with E-state index in [1.165, 1.54) is 6.07 Å². The molecule has 2 heterocycles. The van der Waals surface area contributed by atoms with Crippen LogP contribution in [0.15, 0.2) is 17.2 Å². The zero-order chi connectivity index (χ0) is 8.72. The number of pyridine rings is 1. The molecule has 2 aromatic rings. The SMILES string of the molecule is Cn1cnc2[nH]c(=O)cc(N)c21. The fourth-order valence-corrected chi connectivity index (χ4v) is 1.22. The van der Waals surface area contributed by atoms with Gasteiger partial charge in [0.1, 0.15) is 5.52 Å². The second kappa shape index (κ2) is 2.10. The Morgan fingerprint density at radius 3 is 3.17 bits per heavy atom. The molecule has 12 heavy (non-hydrogen) atoms. The van der Waals surface area contributed by atoms with Crippen molar-refractivity contribution in [1.29, 1.82) is 0 Å². The Balaban J connectivity index is 3.02. The molecule has 0 aromatic carbocycles. The highest BCUT2D eigenvalue weighted by Gasteiger charge is 2.03. The third-order valence-corrected chi connectivity index (χ3v) is 1.74. The maximum absolute atomic E-state index is 10.9. The lowest BCUT2D eigenvalue weighted by atomic mass is 10.4. The molecule has 62 valence electrons. The quantitative estimate of drug-likeness (QED) is 0.568. The molecule has 0 unspecified atom stereocenters. The van der Waals surface area contributed by atoms with Crippen molar-refractivity contribution in [2.75, 3.05) is 5.73 Å². The number of nitrogens with two attached hydrogens (primary N) is 1. The van der Waals surface area contributed by atoms with Gasteiger partial charge in [0.2, 0.25) is 0 Å². The van der Waals surface area contributed by atoms with E-state index in [0.717, 1.165) is 5.52 Å². The fourth-order valence-electron chi connectivity index (χ4n) is 1.22. The number of nitrogens with zero attached hydrogens (tertiary/aromatic N) is 2. The standard InChI is InChI=1S/C7H8N4O/c1-11-3-9-7-6(11)4(8)2-5(12)10-7/h2-3H,1H3,(H3,8,10,12). The molecule has 0 radical (unpaired) electrons. The third kappa shape index (κ3) is 0.795. The first-order valence-corrected chi connectivity index (χ1v) is 3.48. The highest BCUT2D eigenvalue weighted by Crippen LogP contribution is 2.13. The van der Waals surface area contributed by atoms with E-state index in [4.69, 9.17) is 5.73 Å². The van der Waals surface area contributed by atoms with E-state index in [1.54, 1.807) is 10.9 Å². The maximum Gasteiger partial charge on any atom is 0.251 e. The Hall–Kier alpha value is -1.78. The molecule has 0 fully saturated rings. The molecule has 0 amide bonds.